The number of ether oxygens (including phenoxy) is 2. The van der Waals surface area contributed by atoms with Crippen LogP contribution in [0.5, 0.6) is 5.75 Å². The van der Waals surface area contributed by atoms with Gasteiger partial charge in [-0.2, -0.15) is 5.10 Å². The van der Waals surface area contributed by atoms with Gasteiger partial charge < -0.3 is 9.47 Å². The molecule has 0 saturated carbocycles. The molecular weight excluding hydrogens is 331 g/mol. The van der Waals surface area contributed by atoms with Crippen molar-refractivity contribution in [2.75, 3.05) is 27.0 Å². The molecule has 1 aliphatic rings. The van der Waals surface area contributed by atoms with E-state index in [0.29, 0.717) is 8.58 Å². The second-order valence-corrected chi connectivity index (χ2v) is 7.35. The van der Waals surface area contributed by atoms with E-state index in [1.165, 1.54) is 35.4 Å². The molecule has 0 aliphatic carbocycles. The summed E-state index contributed by atoms with van der Waals surface area (Å²) < 4.78 is 10.7. The number of rotatable bonds is 7. The molecule has 132 valence electrons. The predicted molar refractivity (Wildman–Crippen MR) is 106 cm³/mol. The summed E-state index contributed by atoms with van der Waals surface area (Å²) in [7, 11) is 2.15. The molecule has 5 heteroatoms. The lowest BCUT2D eigenvalue weighted by atomic mass is 10.2. The van der Waals surface area contributed by atoms with Crippen molar-refractivity contribution in [3.05, 3.63) is 54.1 Å². The van der Waals surface area contributed by atoms with Crippen LogP contribution in [0.3, 0.4) is 0 Å². The van der Waals surface area contributed by atoms with Gasteiger partial charge in [-0.25, -0.2) is 0 Å². The molecule has 1 unspecified atom stereocenters. The van der Waals surface area contributed by atoms with Crippen molar-refractivity contribution >= 4 is 25.4 Å². The zero-order valence-electron chi connectivity index (χ0n) is 14.6. The molecule has 25 heavy (non-hydrogen) atoms. The van der Waals surface area contributed by atoms with Crippen molar-refractivity contribution in [1.82, 2.24) is 5.01 Å². The highest BCUT2D eigenvalue weighted by atomic mass is 31.1. The highest BCUT2D eigenvalue weighted by molar-refractivity contribution is 7.56. The summed E-state index contributed by atoms with van der Waals surface area (Å²) in [5, 5.41) is 9.32. The van der Waals surface area contributed by atoms with Crippen molar-refractivity contribution in [3.8, 4) is 5.75 Å². The van der Waals surface area contributed by atoms with Crippen LogP contribution in [0.4, 0.5) is 0 Å². The van der Waals surface area contributed by atoms with E-state index >= 15 is 0 Å². The molecule has 0 bridgehead atoms. The van der Waals surface area contributed by atoms with Gasteiger partial charge in [0.05, 0.1) is 6.21 Å². The molecule has 1 atom stereocenters. The Kier molecular flexibility index (Phi) is 6.84. The van der Waals surface area contributed by atoms with Crippen LogP contribution in [-0.2, 0) is 4.74 Å². The first-order valence-corrected chi connectivity index (χ1v) is 9.72. The maximum absolute atomic E-state index is 5.70. The largest absolute Gasteiger partial charge is 0.467 e. The van der Waals surface area contributed by atoms with Crippen molar-refractivity contribution < 1.29 is 9.47 Å². The van der Waals surface area contributed by atoms with Gasteiger partial charge in [0.2, 0.25) is 0 Å². The standard InChI is InChI=1S/C20H25N2O2P/c1-23-16-24-18-10-4-6-12-20(18)25-19-11-5-3-9-17(19)15-21-22-13-7-2-8-14-22/h3-6,9-12,15,25H,2,7-8,13-14,16H2,1H3. The summed E-state index contributed by atoms with van der Waals surface area (Å²) in [4.78, 5) is 0. The summed E-state index contributed by atoms with van der Waals surface area (Å²) >= 11 is 0. The monoisotopic (exact) mass is 356 g/mol. The van der Waals surface area contributed by atoms with E-state index in [9.17, 15) is 0 Å². The minimum absolute atomic E-state index is 0.263. The van der Waals surface area contributed by atoms with E-state index in [2.05, 4.69) is 40.4 Å². The van der Waals surface area contributed by atoms with E-state index in [-0.39, 0.29) is 6.79 Å². The minimum atomic E-state index is 0.263. The van der Waals surface area contributed by atoms with Gasteiger partial charge in [-0.1, -0.05) is 51.0 Å². The third-order valence-corrected chi connectivity index (χ3v) is 5.55. The number of hydrogen-bond acceptors (Lipinski definition) is 4. The van der Waals surface area contributed by atoms with Gasteiger partial charge in [-0.05, 0) is 30.6 Å². The molecule has 1 aliphatic heterocycles. The fraction of sp³-hybridized carbons (Fsp3) is 0.350. The Morgan fingerprint density at radius 3 is 2.52 bits per heavy atom. The maximum Gasteiger partial charge on any atom is 0.188 e. The lowest BCUT2D eigenvalue weighted by Gasteiger charge is -2.23. The predicted octanol–water partition coefficient (Wildman–Crippen LogP) is 3.12. The summed E-state index contributed by atoms with van der Waals surface area (Å²) in [6.07, 6.45) is 5.81. The van der Waals surface area contributed by atoms with Crippen LogP contribution >= 0.6 is 8.58 Å². The van der Waals surface area contributed by atoms with Gasteiger partial charge in [0.25, 0.3) is 0 Å². The molecule has 2 aromatic carbocycles. The molecule has 0 N–H and O–H groups in total. The van der Waals surface area contributed by atoms with Crippen LogP contribution in [0.15, 0.2) is 53.6 Å². The van der Waals surface area contributed by atoms with Crippen molar-refractivity contribution in [1.29, 1.82) is 0 Å². The third kappa shape index (κ3) is 5.29. The molecule has 0 spiro atoms. The fourth-order valence-corrected chi connectivity index (χ4v) is 4.04. The molecule has 0 amide bonds. The molecular formula is C20H25N2O2P. The first-order valence-electron chi connectivity index (χ1n) is 8.72. The lowest BCUT2D eigenvalue weighted by molar-refractivity contribution is 0.0519. The highest BCUT2D eigenvalue weighted by Crippen LogP contribution is 2.20. The average Bonchev–Trinajstić information content (AvgIpc) is 2.67. The second kappa shape index (κ2) is 9.55. The van der Waals surface area contributed by atoms with Gasteiger partial charge >= 0.3 is 0 Å². The molecule has 0 radical (unpaired) electrons. The minimum Gasteiger partial charge on any atom is -0.467 e. The summed E-state index contributed by atoms with van der Waals surface area (Å²) in [5.74, 6) is 0.880. The zero-order chi connectivity index (χ0) is 17.3. The Bertz CT molecular complexity index is 700. The van der Waals surface area contributed by atoms with E-state index in [4.69, 9.17) is 9.47 Å². The zero-order valence-corrected chi connectivity index (χ0v) is 15.6. The van der Waals surface area contributed by atoms with Crippen molar-refractivity contribution in [3.63, 3.8) is 0 Å². The quantitative estimate of drug-likeness (QED) is 0.434. The van der Waals surface area contributed by atoms with Crippen molar-refractivity contribution in [2.24, 2.45) is 5.10 Å². The van der Waals surface area contributed by atoms with Crippen LogP contribution in [0.1, 0.15) is 24.8 Å². The normalized spacial score (nSPS) is 15.3. The van der Waals surface area contributed by atoms with Crippen LogP contribution in [0.2, 0.25) is 0 Å². The summed E-state index contributed by atoms with van der Waals surface area (Å²) in [5.41, 5.74) is 1.17. The Morgan fingerprint density at radius 1 is 1.00 bits per heavy atom. The Balaban J connectivity index is 1.76. The van der Waals surface area contributed by atoms with Gasteiger partial charge in [-0.15, -0.1) is 0 Å². The molecule has 2 aromatic rings. The SMILES string of the molecule is COCOc1ccccc1Pc1ccccc1C=NN1CCCCC1. The first-order chi connectivity index (χ1) is 12.4. The average molecular weight is 356 g/mol. The maximum atomic E-state index is 5.70. The number of hydrogen-bond donors (Lipinski definition) is 0. The topological polar surface area (TPSA) is 34.1 Å². The number of methoxy groups -OCH3 is 1. The Hall–Kier alpha value is -1.90. The van der Waals surface area contributed by atoms with Gasteiger partial charge in [-0.3, -0.25) is 5.01 Å². The van der Waals surface area contributed by atoms with Gasteiger partial charge in [0.15, 0.2) is 6.79 Å². The number of nitrogens with zero attached hydrogens (tertiary/aromatic N) is 2. The summed E-state index contributed by atoms with van der Waals surface area (Å²) in [6.45, 7) is 2.39. The molecule has 1 heterocycles. The third-order valence-electron chi connectivity index (χ3n) is 4.14. The summed E-state index contributed by atoms with van der Waals surface area (Å²) in [6, 6.07) is 16.6. The Labute approximate surface area is 151 Å². The van der Waals surface area contributed by atoms with Crippen molar-refractivity contribution in [2.45, 2.75) is 19.3 Å². The van der Waals surface area contributed by atoms with Crippen LogP contribution in [0, 0.1) is 0 Å². The first kappa shape index (κ1) is 17.9. The number of benzene rings is 2. The lowest BCUT2D eigenvalue weighted by Crippen LogP contribution is -2.24. The van der Waals surface area contributed by atoms with E-state index < -0.39 is 0 Å². The fourth-order valence-electron chi connectivity index (χ4n) is 2.82. The Morgan fingerprint density at radius 2 is 1.72 bits per heavy atom. The number of piperidine rings is 1. The smallest absolute Gasteiger partial charge is 0.188 e. The molecule has 3 rings (SSSR count). The van der Waals surface area contributed by atoms with Crippen LogP contribution < -0.4 is 15.3 Å². The van der Waals surface area contributed by atoms with E-state index in [0.717, 1.165) is 18.8 Å². The van der Waals surface area contributed by atoms with Crippen LogP contribution in [-0.4, -0.2) is 38.2 Å². The van der Waals surface area contributed by atoms with E-state index in [1.54, 1.807) is 7.11 Å². The molecule has 0 aromatic heterocycles. The molecule has 4 nitrogen and oxygen atoms in total. The van der Waals surface area contributed by atoms with Gasteiger partial charge in [0, 0.05) is 31.1 Å². The van der Waals surface area contributed by atoms with E-state index in [1.807, 2.05) is 24.4 Å². The number of hydrazone groups is 1. The van der Waals surface area contributed by atoms with Gasteiger partial charge in [0.1, 0.15) is 5.75 Å². The van der Waals surface area contributed by atoms with Crippen LogP contribution in [0.25, 0.3) is 0 Å². The molecule has 1 fully saturated rings. The molecule has 1 saturated heterocycles. The highest BCUT2D eigenvalue weighted by Gasteiger charge is 2.09. The number of para-hydroxylation sites is 1. The second-order valence-electron chi connectivity index (χ2n) is 6.02.